The van der Waals surface area contributed by atoms with Crippen molar-refractivity contribution in [2.75, 3.05) is 19.1 Å². The lowest BCUT2D eigenvalue weighted by molar-refractivity contribution is -0.652. The molecular formula is C21H17N8O7+. The van der Waals surface area contributed by atoms with Crippen LogP contribution in [0.4, 0.5) is 5.82 Å². The van der Waals surface area contributed by atoms with E-state index < -0.39 is 18.5 Å². The lowest BCUT2D eigenvalue weighted by Gasteiger charge is -2.03. The third-order valence-electron chi connectivity index (χ3n) is 4.90. The molecule has 4 aromatic rings. The maximum atomic E-state index is 13.0. The molecule has 0 saturated carbocycles. The van der Waals surface area contributed by atoms with Crippen LogP contribution < -0.4 is 30.1 Å². The number of fused-ring (bicyclic) bond motifs is 1. The Balaban J connectivity index is 1.39. The number of amides is 1. The molecule has 182 valence electrons. The van der Waals surface area contributed by atoms with Crippen molar-refractivity contribution < 1.29 is 38.2 Å². The number of ether oxygens (including phenoxy) is 3. The van der Waals surface area contributed by atoms with Gasteiger partial charge < -0.3 is 25.1 Å². The van der Waals surface area contributed by atoms with Crippen molar-refractivity contribution in [2.45, 2.75) is 0 Å². The largest absolute Gasteiger partial charge is 0.482 e. The zero-order chi connectivity index (χ0) is 25.1. The summed E-state index contributed by atoms with van der Waals surface area (Å²) in [5.74, 6) is -0.196. The van der Waals surface area contributed by atoms with Gasteiger partial charge >= 0.3 is 17.7 Å². The molecule has 0 saturated heterocycles. The van der Waals surface area contributed by atoms with Crippen LogP contribution in [0.2, 0.25) is 0 Å². The number of nitrogen functional groups attached to an aromatic ring is 1. The summed E-state index contributed by atoms with van der Waals surface area (Å²) in [6, 6.07) is 11.5. The molecule has 1 aliphatic rings. The van der Waals surface area contributed by atoms with E-state index in [1.54, 1.807) is 42.5 Å². The summed E-state index contributed by atoms with van der Waals surface area (Å²) >= 11 is 0. The minimum absolute atomic E-state index is 0.0218. The monoisotopic (exact) mass is 493 g/mol. The Morgan fingerprint density at radius 1 is 1.19 bits per heavy atom. The Morgan fingerprint density at radius 3 is 2.75 bits per heavy atom. The Morgan fingerprint density at radius 2 is 2.00 bits per heavy atom. The predicted molar refractivity (Wildman–Crippen MR) is 119 cm³/mol. The third kappa shape index (κ3) is 4.47. The maximum Gasteiger partial charge on any atom is 0.377 e. The molecule has 0 fully saturated rings. The van der Waals surface area contributed by atoms with Crippen LogP contribution in [0.1, 0.15) is 16.1 Å². The number of benzene rings is 2. The number of hydrogen-bond donors (Lipinski definition) is 4. The van der Waals surface area contributed by atoms with Crippen LogP contribution in [0, 0.1) is 0 Å². The summed E-state index contributed by atoms with van der Waals surface area (Å²) < 4.78 is 21.9. The van der Waals surface area contributed by atoms with E-state index in [9.17, 15) is 9.59 Å². The molecule has 0 radical (unpaired) electrons. The minimum atomic E-state index is -1.08. The number of carbonyl (C=O) groups excluding carboxylic acids is 1. The number of H-pyrrole nitrogens is 1. The van der Waals surface area contributed by atoms with Crippen LogP contribution in [0.25, 0.3) is 17.1 Å². The van der Waals surface area contributed by atoms with Crippen molar-refractivity contribution in [3.63, 3.8) is 0 Å². The number of aromatic nitrogens is 5. The van der Waals surface area contributed by atoms with Gasteiger partial charge in [0.15, 0.2) is 23.8 Å². The number of nitrogens with two attached hydrogens (primary N) is 1. The van der Waals surface area contributed by atoms with Crippen LogP contribution in [0.15, 0.2) is 52.2 Å². The molecule has 3 heterocycles. The zero-order valence-corrected chi connectivity index (χ0v) is 18.2. The average molecular weight is 493 g/mol. The molecule has 0 bridgehead atoms. The van der Waals surface area contributed by atoms with E-state index in [1.165, 1.54) is 10.9 Å². The Bertz CT molecular complexity index is 1460. The number of nitrogens with zero attached hydrogens (tertiary/aromatic N) is 5. The zero-order valence-electron chi connectivity index (χ0n) is 18.2. The number of carboxylic acids is 1. The van der Waals surface area contributed by atoms with E-state index in [4.69, 9.17) is 25.1 Å². The van der Waals surface area contributed by atoms with Crippen molar-refractivity contribution in [2.24, 2.45) is 5.10 Å². The number of nitrogens with one attached hydrogen (secondary N) is 2. The highest BCUT2D eigenvalue weighted by atomic mass is 16.7. The molecule has 0 aliphatic carbocycles. The van der Waals surface area contributed by atoms with E-state index in [0.29, 0.717) is 34.1 Å². The molecule has 5 rings (SSSR count). The second kappa shape index (κ2) is 9.41. The van der Waals surface area contributed by atoms with Gasteiger partial charge in [0.1, 0.15) is 10.9 Å². The molecule has 2 aromatic carbocycles. The number of aliphatic carboxylic acids is 1. The van der Waals surface area contributed by atoms with Crippen molar-refractivity contribution in [1.82, 2.24) is 26.1 Å². The summed E-state index contributed by atoms with van der Waals surface area (Å²) in [5.41, 5.74) is 9.71. The van der Waals surface area contributed by atoms with Crippen LogP contribution in [0.3, 0.4) is 0 Å². The molecule has 0 atom stereocenters. The van der Waals surface area contributed by atoms with Crippen LogP contribution >= 0.6 is 0 Å². The van der Waals surface area contributed by atoms with Gasteiger partial charge in [0.25, 0.3) is 11.5 Å². The standard InChI is InChI=1S/C21H16N8O7/c22-19-20(27-36-26-19)29-18(12-3-6-14-15(7-12)35-10-34-14)17(24-28-29)21(32)25-23-8-11-1-4-13(5-2-11)33-9-16(30)31/h1-8H,9-10H2,(H4,22,25,26,30,31,32)/p+1. The number of hydrogen-bond acceptors (Lipinski definition) is 11. The second-order valence-electron chi connectivity index (χ2n) is 7.24. The van der Waals surface area contributed by atoms with Gasteiger partial charge in [0.2, 0.25) is 6.79 Å². The van der Waals surface area contributed by atoms with Gasteiger partial charge in [-0.15, -0.1) is 9.90 Å². The van der Waals surface area contributed by atoms with E-state index in [2.05, 4.69) is 35.8 Å². The van der Waals surface area contributed by atoms with Gasteiger partial charge in [-0.3, -0.25) is 4.79 Å². The number of carboxylic acid groups (broad SMARTS) is 1. The molecular weight excluding hydrogens is 476 g/mol. The fourth-order valence-corrected chi connectivity index (χ4v) is 3.29. The average Bonchev–Trinajstić information content (AvgIpc) is 3.62. The normalized spacial score (nSPS) is 12.1. The Hall–Kier alpha value is -5.47. The van der Waals surface area contributed by atoms with E-state index in [1.807, 2.05) is 0 Å². The highest BCUT2D eigenvalue weighted by Gasteiger charge is 2.32. The molecule has 0 unspecified atom stereocenters. The first kappa shape index (κ1) is 22.3. The highest BCUT2D eigenvalue weighted by molar-refractivity contribution is 5.98. The highest BCUT2D eigenvalue weighted by Crippen LogP contribution is 2.36. The quantitative estimate of drug-likeness (QED) is 0.149. The molecule has 0 spiro atoms. The maximum absolute atomic E-state index is 13.0. The minimum Gasteiger partial charge on any atom is -0.482 e. The Kier molecular flexibility index (Phi) is 5.84. The number of anilines is 1. The first-order valence-corrected chi connectivity index (χ1v) is 10.3. The van der Waals surface area contributed by atoms with Crippen molar-refractivity contribution in [1.29, 1.82) is 0 Å². The number of carbonyl (C=O) groups is 2. The lowest BCUT2D eigenvalue weighted by Crippen LogP contribution is -2.37. The number of hydrazone groups is 1. The molecule has 2 aromatic heterocycles. The first-order valence-electron chi connectivity index (χ1n) is 10.3. The van der Waals surface area contributed by atoms with Gasteiger partial charge in [-0.05, 0) is 58.3 Å². The topological polar surface area (TPSA) is 204 Å². The number of aromatic amines is 1. The molecule has 1 aliphatic heterocycles. The van der Waals surface area contributed by atoms with Crippen molar-refractivity contribution >= 4 is 23.9 Å². The Labute approximate surface area is 201 Å². The van der Waals surface area contributed by atoms with E-state index >= 15 is 0 Å². The van der Waals surface area contributed by atoms with Gasteiger partial charge in [-0.25, -0.2) is 10.2 Å². The fourth-order valence-electron chi connectivity index (χ4n) is 3.29. The van der Waals surface area contributed by atoms with Gasteiger partial charge in [-0.1, -0.05) is 0 Å². The van der Waals surface area contributed by atoms with Crippen LogP contribution in [-0.4, -0.2) is 57.2 Å². The van der Waals surface area contributed by atoms with Gasteiger partial charge in [0, 0.05) is 5.56 Å². The summed E-state index contributed by atoms with van der Waals surface area (Å²) in [4.78, 5) is 23.6. The van der Waals surface area contributed by atoms with E-state index in [-0.39, 0.29) is 24.1 Å². The summed E-state index contributed by atoms with van der Waals surface area (Å²) in [6.07, 6.45) is 1.40. The van der Waals surface area contributed by atoms with Crippen molar-refractivity contribution in [3.8, 4) is 34.3 Å². The molecule has 36 heavy (non-hydrogen) atoms. The third-order valence-corrected chi connectivity index (χ3v) is 4.90. The second-order valence-corrected chi connectivity index (χ2v) is 7.24. The van der Waals surface area contributed by atoms with Gasteiger partial charge in [0.05, 0.1) is 6.21 Å². The van der Waals surface area contributed by atoms with Crippen LogP contribution in [0.5, 0.6) is 17.2 Å². The fraction of sp³-hybridized carbons (Fsp3) is 0.0952. The SMILES string of the molecule is Nc1nonc1-[n+]1[nH]nc(C(=O)NN=Cc2ccc(OCC(=O)O)cc2)c1-c1ccc2c(c1)OCO2. The summed E-state index contributed by atoms with van der Waals surface area (Å²) in [6.45, 7) is -0.367. The molecule has 5 N–H and O–H groups in total. The smallest absolute Gasteiger partial charge is 0.377 e. The number of rotatable bonds is 8. The molecule has 15 nitrogen and oxygen atoms in total. The lowest BCUT2D eigenvalue weighted by atomic mass is 10.1. The summed E-state index contributed by atoms with van der Waals surface area (Å²) in [5, 5.41) is 26.8. The van der Waals surface area contributed by atoms with Gasteiger partial charge in [-0.2, -0.15) is 9.73 Å². The molecule has 1 amide bonds. The summed E-state index contributed by atoms with van der Waals surface area (Å²) in [7, 11) is 0. The van der Waals surface area contributed by atoms with Crippen LogP contribution in [-0.2, 0) is 4.79 Å². The molecule has 15 heteroatoms. The predicted octanol–water partition coefficient (Wildman–Crippen LogP) is 0.275. The first-order chi connectivity index (χ1) is 17.5. The van der Waals surface area contributed by atoms with Crippen molar-refractivity contribution in [3.05, 3.63) is 53.7 Å². The van der Waals surface area contributed by atoms with E-state index in [0.717, 1.165) is 0 Å².